The monoisotopic (exact) mass is 647 g/mol. The van der Waals surface area contributed by atoms with Crippen molar-refractivity contribution < 1.29 is 9.53 Å². The molecule has 0 fully saturated rings. The number of hydrogen-bond acceptors (Lipinski definition) is 2. The largest absolute Gasteiger partial charge is 0.461 e. The summed E-state index contributed by atoms with van der Waals surface area (Å²) < 4.78 is 5.48. The molecule has 0 aliphatic heterocycles. The van der Waals surface area contributed by atoms with Gasteiger partial charge < -0.3 is 4.74 Å². The highest BCUT2D eigenvalue weighted by Gasteiger charge is 2.07. The quantitative estimate of drug-likeness (QED) is 0.0384. The van der Waals surface area contributed by atoms with Gasteiger partial charge in [0.2, 0.25) is 0 Å². The van der Waals surface area contributed by atoms with Crippen LogP contribution in [0.5, 0.6) is 0 Å². The summed E-state index contributed by atoms with van der Waals surface area (Å²) in [5, 5.41) is 0. The van der Waals surface area contributed by atoms with E-state index in [0.29, 0.717) is 13.0 Å². The number of rotatable bonds is 36. The number of esters is 1. The molecular formula is C44H86O2. The van der Waals surface area contributed by atoms with Crippen molar-refractivity contribution in [1.29, 1.82) is 0 Å². The predicted molar refractivity (Wildman–Crippen MR) is 207 cm³/mol. The van der Waals surface area contributed by atoms with Crippen LogP contribution in [-0.2, 0) is 9.53 Å². The van der Waals surface area contributed by atoms with Gasteiger partial charge in [0.1, 0.15) is 6.61 Å². The van der Waals surface area contributed by atoms with Crippen molar-refractivity contribution in [2.45, 2.75) is 241 Å². The van der Waals surface area contributed by atoms with Crippen LogP contribution in [-0.4, -0.2) is 12.6 Å². The van der Waals surface area contributed by atoms with Gasteiger partial charge in [-0.3, -0.25) is 4.79 Å². The lowest BCUT2D eigenvalue weighted by Crippen LogP contribution is -2.04. The molecule has 0 N–H and O–H groups in total. The summed E-state index contributed by atoms with van der Waals surface area (Å²) in [5.74, 6) is 2.54. The lowest BCUT2D eigenvalue weighted by Gasteiger charge is -2.15. The maximum absolute atomic E-state index is 12.1. The van der Waals surface area contributed by atoms with Crippen molar-refractivity contribution in [3.05, 3.63) is 11.6 Å². The Morgan fingerprint density at radius 2 is 0.848 bits per heavy atom. The molecule has 0 aromatic rings. The van der Waals surface area contributed by atoms with Crippen molar-refractivity contribution in [2.24, 2.45) is 17.8 Å². The van der Waals surface area contributed by atoms with E-state index in [9.17, 15) is 4.79 Å². The molecule has 2 atom stereocenters. The minimum atomic E-state index is -0.0195. The van der Waals surface area contributed by atoms with Crippen LogP contribution in [0.2, 0.25) is 0 Å². The van der Waals surface area contributed by atoms with Crippen LogP contribution < -0.4 is 0 Å². The second kappa shape index (κ2) is 35.5. The van der Waals surface area contributed by atoms with Crippen LogP contribution >= 0.6 is 0 Å². The fourth-order valence-electron chi connectivity index (χ4n) is 6.86. The van der Waals surface area contributed by atoms with Gasteiger partial charge in [-0.15, -0.1) is 0 Å². The Morgan fingerprint density at radius 1 is 0.478 bits per heavy atom. The summed E-state index contributed by atoms with van der Waals surface area (Å²) in [6.07, 6.45) is 43.9. The zero-order valence-corrected chi connectivity index (χ0v) is 32.8. The first-order valence-electron chi connectivity index (χ1n) is 21.2. The maximum Gasteiger partial charge on any atom is 0.306 e. The van der Waals surface area contributed by atoms with Crippen molar-refractivity contribution in [1.82, 2.24) is 0 Å². The van der Waals surface area contributed by atoms with Crippen molar-refractivity contribution >= 4 is 5.97 Å². The number of allylic oxidation sites excluding steroid dienone is 1. The second-order valence-electron chi connectivity index (χ2n) is 15.9. The minimum Gasteiger partial charge on any atom is -0.461 e. The molecule has 0 aliphatic carbocycles. The molecule has 2 heteroatoms. The first kappa shape index (κ1) is 45.2. The van der Waals surface area contributed by atoms with E-state index in [2.05, 4.69) is 47.6 Å². The Labute approximate surface area is 291 Å². The summed E-state index contributed by atoms with van der Waals surface area (Å²) in [6, 6.07) is 0. The zero-order valence-electron chi connectivity index (χ0n) is 32.8. The van der Waals surface area contributed by atoms with Crippen molar-refractivity contribution in [2.75, 3.05) is 6.61 Å². The average molecular weight is 647 g/mol. The molecule has 2 nitrogen and oxygen atoms in total. The lowest BCUT2D eigenvalue weighted by atomic mass is 9.91. The third kappa shape index (κ3) is 36.1. The molecule has 0 spiro atoms. The van der Waals surface area contributed by atoms with Gasteiger partial charge in [0.15, 0.2) is 0 Å². The van der Waals surface area contributed by atoms with Gasteiger partial charge in [-0.1, -0.05) is 214 Å². The highest BCUT2D eigenvalue weighted by Crippen LogP contribution is 2.22. The molecule has 0 saturated heterocycles. The molecule has 0 bridgehead atoms. The van der Waals surface area contributed by atoms with Gasteiger partial charge in [-0.25, -0.2) is 0 Å². The molecule has 0 aromatic heterocycles. The van der Waals surface area contributed by atoms with Crippen LogP contribution in [0.1, 0.15) is 241 Å². The lowest BCUT2D eigenvalue weighted by molar-refractivity contribution is -0.142. The molecule has 46 heavy (non-hydrogen) atoms. The van der Waals surface area contributed by atoms with Crippen LogP contribution in [0.4, 0.5) is 0 Å². The van der Waals surface area contributed by atoms with E-state index in [1.54, 1.807) is 0 Å². The second-order valence-corrected chi connectivity index (χ2v) is 15.9. The predicted octanol–water partition coefficient (Wildman–Crippen LogP) is 15.5. The van der Waals surface area contributed by atoms with Gasteiger partial charge in [0.25, 0.3) is 0 Å². The van der Waals surface area contributed by atoms with E-state index in [-0.39, 0.29) is 5.97 Å². The summed E-state index contributed by atoms with van der Waals surface area (Å²) in [6.45, 7) is 14.5. The Hall–Kier alpha value is -0.790. The first-order chi connectivity index (χ1) is 22.3. The van der Waals surface area contributed by atoms with Gasteiger partial charge >= 0.3 is 5.97 Å². The summed E-state index contributed by atoms with van der Waals surface area (Å²) in [7, 11) is 0. The fourth-order valence-corrected chi connectivity index (χ4v) is 6.86. The number of carbonyl (C=O) groups excluding carboxylic acids is 1. The smallest absolute Gasteiger partial charge is 0.306 e. The standard InChI is InChI=1S/C44H86O2/c1-7-8-9-10-11-12-13-14-15-16-17-18-19-20-21-22-23-24-25-26-27-37-44(45)46-39-38-43(6)36-30-35-42(5)34-29-33-41(4)32-28-31-40(2)3/h38,40-42H,7-37,39H2,1-6H3/b43-38+/t41-,42-/m1/s1. The van der Waals surface area contributed by atoms with Crippen molar-refractivity contribution in [3.63, 3.8) is 0 Å². The Kier molecular flexibility index (Phi) is 34.9. The Balaban J connectivity index is 3.44. The topological polar surface area (TPSA) is 26.3 Å². The molecule has 0 amide bonds. The van der Waals surface area contributed by atoms with Crippen LogP contribution in [0.15, 0.2) is 11.6 Å². The van der Waals surface area contributed by atoms with E-state index in [1.807, 2.05) is 0 Å². The van der Waals surface area contributed by atoms with Gasteiger partial charge in [-0.2, -0.15) is 0 Å². The first-order valence-corrected chi connectivity index (χ1v) is 21.2. The zero-order chi connectivity index (χ0) is 33.9. The third-order valence-electron chi connectivity index (χ3n) is 10.3. The van der Waals surface area contributed by atoms with Crippen LogP contribution in [0, 0.1) is 17.8 Å². The number of unbranched alkanes of at least 4 members (excludes halogenated alkanes) is 20. The molecular weight excluding hydrogens is 560 g/mol. The van der Waals surface area contributed by atoms with Gasteiger partial charge in [-0.05, 0) is 50.0 Å². The van der Waals surface area contributed by atoms with E-state index in [4.69, 9.17) is 4.74 Å². The summed E-state index contributed by atoms with van der Waals surface area (Å²) in [4.78, 5) is 12.1. The number of hydrogen-bond donors (Lipinski definition) is 0. The molecule has 0 heterocycles. The van der Waals surface area contributed by atoms with E-state index < -0.39 is 0 Å². The third-order valence-corrected chi connectivity index (χ3v) is 10.3. The highest BCUT2D eigenvalue weighted by molar-refractivity contribution is 5.69. The Morgan fingerprint density at radius 3 is 1.26 bits per heavy atom. The van der Waals surface area contributed by atoms with E-state index in [1.165, 1.54) is 179 Å². The highest BCUT2D eigenvalue weighted by atomic mass is 16.5. The van der Waals surface area contributed by atoms with Crippen LogP contribution in [0.3, 0.4) is 0 Å². The molecule has 0 radical (unpaired) electrons. The summed E-state index contributed by atoms with van der Waals surface area (Å²) in [5.41, 5.74) is 1.37. The van der Waals surface area contributed by atoms with Gasteiger partial charge in [0.05, 0.1) is 0 Å². The molecule has 0 rings (SSSR count). The molecule has 0 saturated carbocycles. The van der Waals surface area contributed by atoms with E-state index >= 15 is 0 Å². The molecule has 0 unspecified atom stereocenters. The van der Waals surface area contributed by atoms with E-state index in [0.717, 1.165) is 37.0 Å². The molecule has 0 aliphatic rings. The van der Waals surface area contributed by atoms with Crippen molar-refractivity contribution in [3.8, 4) is 0 Å². The fraction of sp³-hybridized carbons (Fsp3) is 0.932. The maximum atomic E-state index is 12.1. The summed E-state index contributed by atoms with van der Waals surface area (Å²) >= 11 is 0. The number of carbonyl (C=O) groups is 1. The number of ether oxygens (including phenoxy) is 1. The average Bonchev–Trinajstić information content (AvgIpc) is 3.01. The normalized spacial score (nSPS) is 13.4. The molecule has 274 valence electrons. The van der Waals surface area contributed by atoms with Crippen LogP contribution in [0.25, 0.3) is 0 Å². The minimum absolute atomic E-state index is 0.0195. The SMILES string of the molecule is CCCCCCCCCCCCCCCCCCCCCCCC(=O)OC/C=C(\C)CCC[C@H](C)CCC[C@H](C)CCCC(C)C. The molecule has 0 aromatic carbocycles. The Bertz CT molecular complexity index is 650. The van der Waals surface area contributed by atoms with Gasteiger partial charge in [0, 0.05) is 6.42 Å².